The molecular formula is C13H14Cl2O3. The van der Waals surface area contributed by atoms with Crippen molar-refractivity contribution in [3.05, 3.63) is 28.2 Å². The van der Waals surface area contributed by atoms with Gasteiger partial charge in [0.15, 0.2) is 6.10 Å². The predicted octanol–water partition coefficient (Wildman–Crippen LogP) is 3.86. The zero-order valence-electron chi connectivity index (χ0n) is 9.99. The standard InChI is InChI=1S/C13H14Cl2O3/c1-2-11(13(16)17-9-4-5-9)18-12-6-3-8(14)7-10(12)15/h3,6-7,9,11H,2,4-5H2,1H3. The maximum Gasteiger partial charge on any atom is 0.347 e. The van der Waals surface area contributed by atoms with Gasteiger partial charge in [-0.1, -0.05) is 30.1 Å². The fourth-order valence-electron chi connectivity index (χ4n) is 1.45. The summed E-state index contributed by atoms with van der Waals surface area (Å²) in [5.74, 6) is 0.117. The van der Waals surface area contributed by atoms with E-state index in [1.807, 2.05) is 6.92 Å². The van der Waals surface area contributed by atoms with Crippen LogP contribution in [0.5, 0.6) is 5.75 Å². The van der Waals surface area contributed by atoms with E-state index < -0.39 is 6.10 Å². The van der Waals surface area contributed by atoms with Gasteiger partial charge in [-0.05, 0) is 37.5 Å². The molecule has 1 aromatic carbocycles. The quantitative estimate of drug-likeness (QED) is 0.772. The van der Waals surface area contributed by atoms with Crippen molar-refractivity contribution in [1.29, 1.82) is 0 Å². The van der Waals surface area contributed by atoms with Crippen LogP contribution in [0.3, 0.4) is 0 Å². The lowest BCUT2D eigenvalue weighted by Crippen LogP contribution is -2.29. The number of ether oxygens (including phenoxy) is 2. The molecule has 0 saturated heterocycles. The van der Waals surface area contributed by atoms with E-state index in [1.165, 1.54) is 0 Å². The van der Waals surface area contributed by atoms with E-state index in [0.717, 1.165) is 12.8 Å². The van der Waals surface area contributed by atoms with Crippen LogP contribution in [0.2, 0.25) is 10.0 Å². The highest BCUT2D eigenvalue weighted by Gasteiger charge is 2.30. The molecule has 0 N–H and O–H groups in total. The van der Waals surface area contributed by atoms with Crippen LogP contribution in [0, 0.1) is 0 Å². The first-order valence-corrected chi connectivity index (χ1v) is 6.68. The third-order valence-electron chi connectivity index (χ3n) is 2.60. The van der Waals surface area contributed by atoms with Crippen LogP contribution in [-0.2, 0) is 9.53 Å². The number of hydrogen-bond acceptors (Lipinski definition) is 3. The summed E-state index contributed by atoms with van der Waals surface area (Å²) >= 11 is 11.8. The number of halogens is 2. The zero-order valence-corrected chi connectivity index (χ0v) is 11.5. The van der Waals surface area contributed by atoms with Gasteiger partial charge in [0.25, 0.3) is 0 Å². The van der Waals surface area contributed by atoms with Crippen molar-refractivity contribution in [2.45, 2.75) is 38.4 Å². The average molecular weight is 289 g/mol. The summed E-state index contributed by atoms with van der Waals surface area (Å²) in [7, 11) is 0. The molecule has 1 unspecified atom stereocenters. The van der Waals surface area contributed by atoms with E-state index >= 15 is 0 Å². The minimum atomic E-state index is -0.621. The number of carbonyl (C=O) groups is 1. The van der Waals surface area contributed by atoms with E-state index in [4.69, 9.17) is 32.7 Å². The molecule has 0 aliphatic heterocycles. The summed E-state index contributed by atoms with van der Waals surface area (Å²) in [6.07, 6.45) is 1.89. The normalized spacial score (nSPS) is 16.2. The first kappa shape index (κ1) is 13.5. The molecule has 0 radical (unpaired) electrons. The molecule has 18 heavy (non-hydrogen) atoms. The van der Waals surface area contributed by atoms with Crippen molar-refractivity contribution >= 4 is 29.2 Å². The summed E-state index contributed by atoms with van der Waals surface area (Å²) in [5.41, 5.74) is 0. The lowest BCUT2D eigenvalue weighted by Gasteiger charge is -2.17. The van der Waals surface area contributed by atoms with Gasteiger partial charge < -0.3 is 9.47 Å². The molecule has 1 aliphatic carbocycles. The molecule has 1 aliphatic rings. The molecule has 5 heteroatoms. The Morgan fingerprint density at radius 2 is 2.17 bits per heavy atom. The van der Waals surface area contributed by atoms with Crippen LogP contribution in [0.25, 0.3) is 0 Å². The fourth-order valence-corrected chi connectivity index (χ4v) is 1.90. The van der Waals surface area contributed by atoms with E-state index in [2.05, 4.69) is 0 Å². The Morgan fingerprint density at radius 1 is 1.44 bits per heavy atom. The van der Waals surface area contributed by atoms with Crippen LogP contribution in [0.1, 0.15) is 26.2 Å². The van der Waals surface area contributed by atoms with Gasteiger partial charge in [-0.2, -0.15) is 0 Å². The van der Waals surface area contributed by atoms with Crippen LogP contribution >= 0.6 is 23.2 Å². The molecule has 0 spiro atoms. The summed E-state index contributed by atoms with van der Waals surface area (Å²) in [4.78, 5) is 11.8. The van der Waals surface area contributed by atoms with Gasteiger partial charge in [-0.25, -0.2) is 4.79 Å². The lowest BCUT2D eigenvalue weighted by atomic mass is 10.2. The number of rotatable bonds is 5. The fraction of sp³-hybridized carbons (Fsp3) is 0.462. The molecule has 98 valence electrons. The molecule has 1 aromatic rings. The van der Waals surface area contributed by atoms with Crippen molar-refractivity contribution in [2.75, 3.05) is 0 Å². The van der Waals surface area contributed by atoms with Gasteiger partial charge in [0.2, 0.25) is 0 Å². The number of esters is 1. The first-order valence-electron chi connectivity index (χ1n) is 5.92. The average Bonchev–Trinajstić information content (AvgIpc) is 3.12. The topological polar surface area (TPSA) is 35.5 Å². The molecule has 1 atom stereocenters. The van der Waals surface area contributed by atoms with Crippen LogP contribution < -0.4 is 4.74 Å². The Morgan fingerprint density at radius 3 is 2.72 bits per heavy atom. The third kappa shape index (κ3) is 3.53. The van der Waals surface area contributed by atoms with Gasteiger partial charge in [0.1, 0.15) is 11.9 Å². The van der Waals surface area contributed by atoms with Crippen LogP contribution in [0.15, 0.2) is 18.2 Å². The monoisotopic (exact) mass is 288 g/mol. The van der Waals surface area contributed by atoms with E-state index in [1.54, 1.807) is 18.2 Å². The number of benzene rings is 1. The number of carbonyl (C=O) groups excluding carboxylic acids is 1. The van der Waals surface area contributed by atoms with Crippen molar-refractivity contribution in [3.63, 3.8) is 0 Å². The van der Waals surface area contributed by atoms with Crippen molar-refractivity contribution < 1.29 is 14.3 Å². The molecule has 3 nitrogen and oxygen atoms in total. The summed E-state index contributed by atoms with van der Waals surface area (Å²) in [6.45, 7) is 1.86. The number of hydrogen-bond donors (Lipinski definition) is 0. The Bertz CT molecular complexity index is 444. The smallest absolute Gasteiger partial charge is 0.347 e. The predicted molar refractivity (Wildman–Crippen MR) is 70.3 cm³/mol. The van der Waals surface area contributed by atoms with E-state index in [0.29, 0.717) is 22.2 Å². The second kappa shape index (κ2) is 5.81. The molecule has 1 fully saturated rings. The molecule has 0 aromatic heterocycles. The second-order valence-corrected chi connectivity index (χ2v) is 5.07. The maximum absolute atomic E-state index is 11.8. The SMILES string of the molecule is CCC(Oc1ccc(Cl)cc1Cl)C(=O)OC1CC1. The van der Waals surface area contributed by atoms with E-state index in [9.17, 15) is 4.79 Å². The molecule has 0 bridgehead atoms. The Hall–Kier alpha value is -0.930. The largest absolute Gasteiger partial charge is 0.477 e. The van der Waals surface area contributed by atoms with Gasteiger partial charge in [-0.15, -0.1) is 0 Å². The molecule has 0 heterocycles. The molecule has 1 saturated carbocycles. The second-order valence-electron chi connectivity index (χ2n) is 4.23. The Balaban J connectivity index is 2.01. The summed E-state index contributed by atoms with van der Waals surface area (Å²) < 4.78 is 10.8. The third-order valence-corrected chi connectivity index (χ3v) is 3.13. The van der Waals surface area contributed by atoms with Gasteiger partial charge >= 0.3 is 5.97 Å². The summed E-state index contributed by atoms with van der Waals surface area (Å²) in [5, 5.41) is 0.918. The lowest BCUT2D eigenvalue weighted by molar-refractivity contribution is -0.153. The highest BCUT2D eigenvalue weighted by molar-refractivity contribution is 6.35. The van der Waals surface area contributed by atoms with Gasteiger partial charge in [-0.3, -0.25) is 0 Å². The van der Waals surface area contributed by atoms with E-state index in [-0.39, 0.29) is 12.1 Å². The van der Waals surface area contributed by atoms with Crippen molar-refractivity contribution in [2.24, 2.45) is 0 Å². The van der Waals surface area contributed by atoms with Crippen LogP contribution in [-0.4, -0.2) is 18.2 Å². The molecule has 2 rings (SSSR count). The minimum absolute atomic E-state index is 0.0795. The van der Waals surface area contributed by atoms with Crippen molar-refractivity contribution in [3.8, 4) is 5.75 Å². The summed E-state index contributed by atoms with van der Waals surface area (Å²) in [6, 6.07) is 4.90. The van der Waals surface area contributed by atoms with Crippen LogP contribution in [0.4, 0.5) is 0 Å². The first-order chi connectivity index (χ1) is 8.60. The van der Waals surface area contributed by atoms with Gasteiger partial charge in [0, 0.05) is 5.02 Å². The van der Waals surface area contributed by atoms with Crippen molar-refractivity contribution in [1.82, 2.24) is 0 Å². The highest BCUT2D eigenvalue weighted by Crippen LogP contribution is 2.30. The minimum Gasteiger partial charge on any atom is -0.477 e. The Labute approximate surface area is 116 Å². The Kier molecular flexibility index (Phi) is 4.36. The highest BCUT2D eigenvalue weighted by atomic mass is 35.5. The maximum atomic E-state index is 11.8. The molecule has 0 amide bonds. The zero-order chi connectivity index (χ0) is 13.1. The van der Waals surface area contributed by atoms with Gasteiger partial charge in [0.05, 0.1) is 5.02 Å². The molecular weight excluding hydrogens is 275 g/mol.